The molecule has 3 rings (SSSR count). The van der Waals surface area contributed by atoms with Crippen molar-refractivity contribution in [1.29, 1.82) is 0 Å². The zero-order valence-electron chi connectivity index (χ0n) is 15.7. The monoisotopic (exact) mass is 479 g/mol. The summed E-state index contributed by atoms with van der Waals surface area (Å²) in [5, 5.41) is 2.29. The predicted octanol–water partition coefficient (Wildman–Crippen LogP) is 5.13. The first-order chi connectivity index (χ1) is 13.4. The number of halogens is 1. The molecule has 0 aliphatic rings. The van der Waals surface area contributed by atoms with Crippen LogP contribution in [0.1, 0.15) is 11.1 Å². The van der Waals surface area contributed by atoms with Gasteiger partial charge in [-0.25, -0.2) is 13.1 Å². The smallest absolute Gasteiger partial charge is 0.240 e. The first-order valence-corrected chi connectivity index (χ1v) is 12.2. The number of methoxy groups -OCH3 is 1. The highest BCUT2D eigenvalue weighted by Crippen LogP contribution is 2.32. The van der Waals surface area contributed by atoms with Gasteiger partial charge in [-0.3, -0.25) is 0 Å². The first-order valence-electron chi connectivity index (χ1n) is 8.80. The van der Waals surface area contributed by atoms with Crippen molar-refractivity contribution in [2.24, 2.45) is 0 Å². The fourth-order valence-corrected chi connectivity index (χ4v) is 5.34. The number of hydrogen-bond acceptors (Lipinski definition) is 4. The van der Waals surface area contributed by atoms with E-state index in [0.29, 0.717) is 17.2 Å². The molecule has 28 heavy (non-hydrogen) atoms. The molecule has 0 radical (unpaired) electrons. The van der Waals surface area contributed by atoms with Crippen molar-refractivity contribution >= 4 is 48.5 Å². The van der Waals surface area contributed by atoms with Crippen LogP contribution < -0.4 is 9.46 Å². The molecule has 0 aliphatic carbocycles. The predicted molar refractivity (Wildman–Crippen MR) is 121 cm³/mol. The van der Waals surface area contributed by atoms with Gasteiger partial charge < -0.3 is 4.74 Å². The summed E-state index contributed by atoms with van der Waals surface area (Å²) in [6, 6.07) is 17.1. The van der Waals surface area contributed by atoms with Crippen LogP contribution in [0.15, 0.2) is 64.0 Å². The Morgan fingerprint density at radius 2 is 1.82 bits per heavy atom. The molecule has 0 heterocycles. The molecule has 0 fully saturated rings. The molecule has 0 atom stereocenters. The van der Waals surface area contributed by atoms with Crippen LogP contribution >= 0.6 is 27.7 Å². The first kappa shape index (κ1) is 21.2. The van der Waals surface area contributed by atoms with E-state index in [1.807, 2.05) is 25.1 Å². The third-order valence-electron chi connectivity index (χ3n) is 4.39. The molecule has 0 aromatic heterocycles. The Morgan fingerprint density at radius 1 is 1.07 bits per heavy atom. The largest absolute Gasteiger partial charge is 0.496 e. The summed E-state index contributed by atoms with van der Waals surface area (Å²) in [4.78, 5) is 0.296. The molecule has 7 heteroatoms. The number of benzene rings is 3. The van der Waals surface area contributed by atoms with E-state index in [2.05, 4.69) is 32.8 Å². The van der Waals surface area contributed by atoms with Crippen LogP contribution in [0.2, 0.25) is 0 Å². The topological polar surface area (TPSA) is 55.4 Å². The van der Waals surface area contributed by atoms with E-state index in [9.17, 15) is 8.42 Å². The van der Waals surface area contributed by atoms with Gasteiger partial charge in [0.05, 0.1) is 12.0 Å². The zero-order valence-corrected chi connectivity index (χ0v) is 19.0. The molecule has 1 N–H and O–H groups in total. The van der Waals surface area contributed by atoms with Gasteiger partial charge in [-0.1, -0.05) is 45.8 Å². The Bertz CT molecular complexity index is 1070. The second-order valence-corrected chi connectivity index (χ2v) is 10.2. The van der Waals surface area contributed by atoms with Crippen molar-refractivity contribution < 1.29 is 13.2 Å². The van der Waals surface area contributed by atoms with Gasteiger partial charge in [0.25, 0.3) is 0 Å². The molecular weight excluding hydrogens is 458 g/mol. The van der Waals surface area contributed by atoms with Crippen molar-refractivity contribution in [2.45, 2.75) is 17.6 Å². The number of ether oxygens (including phenoxy) is 1. The zero-order chi connectivity index (χ0) is 20.1. The molecular formula is C21H22BrNO3S2. The van der Waals surface area contributed by atoms with Crippen molar-refractivity contribution in [3.8, 4) is 5.75 Å². The highest BCUT2D eigenvalue weighted by atomic mass is 79.9. The highest BCUT2D eigenvalue weighted by molar-refractivity contribution is 9.10. The molecule has 0 bridgehead atoms. The molecule has 0 aliphatic heterocycles. The quantitative estimate of drug-likeness (QED) is 0.454. The van der Waals surface area contributed by atoms with E-state index >= 15 is 0 Å². The number of aryl methyl sites for hydroxylation is 1. The van der Waals surface area contributed by atoms with Crippen molar-refractivity contribution in [3.63, 3.8) is 0 Å². The summed E-state index contributed by atoms with van der Waals surface area (Å²) in [5.41, 5.74) is 2.16. The Balaban J connectivity index is 1.61. The third kappa shape index (κ3) is 5.08. The third-order valence-corrected chi connectivity index (χ3v) is 7.34. The van der Waals surface area contributed by atoms with E-state index in [4.69, 9.17) is 4.74 Å². The van der Waals surface area contributed by atoms with Crippen LogP contribution in [-0.2, 0) is 15.8 Å². The Labute approximate surface area is 178 Å². The van der Waals surface area contributed by atoms with Gasteiger partial charge in [-0.2, -0.15) is 11.8 Å². The molecule has 0 unspecified atom stereocenters. The number of rotatable bonds is 8. The number of fused-ring (bicyclic) bond motifs is 1. The maximum absolute atomic E-state index is 12.3. The summed E-state index contributed by atoms with van der Waals surface area (Å²) >= 11 is 5.18. The lowest BCUT2D eigenvalue weighted by Crippen LogP contribution is -2.26. The standard InChI is InChI=1S/C21H22BrNO3S2/c1-15-3-7-18(8-4-15)28(24,25)23-11-12-27-14-20-19-9-6-17(22)13-16(19)5-10-21(20)26-2/h3-10,13,23H,11-12,14H2,1-2H3. The average Bonchev–Trinajstić information content (AvgIpc) is 2.67. The maximum atomic E-state index is 12.3. The maximum Gasteiger partial charge on any atom is 0.240 e. The summed E-state index contributed by atoms with van der Waals surface area (Å²) in [5.74, 6) is 2.26. The lowest BCUT2D eigenvalue weighted by atomic mass is 10.0. The number of hydrogen-bond donors (Lipinski definition) is 1. The van der Waals surface area contributed by atoms with Crippen LogP contribution in [0.25, 0.3) is 10.8 Å². The van der Waals surface area contributed by atoms with E-state index in [0.717, 1.165) is 37.9 Å². The van der Waals surface area contributed by atoms with Gasteiger partial charge >= 0.3 is 0 Å². The fourth-order valence-electron chi connectivity index (χ4n) is 2.91. The molecule has 0 saturated carbocycles. The van der Waals surface area contributed by atoms with Crippen molar-refractivity contribution in [3.05, 3.63) is 70.2 Å². The van der Waals surface area contributed by atoms with Crippen molar-refractivity contribution in [2.75, 3.05) is 19.4 Å². The number of nitrogens with one attached hydrogen (secondary N) is 1. The van der Waals surface area contributed by atoms with E-state index in [-0.39, 0.29) is 0 Å². The van der Waals surface area contributed by atoms with Crippen LogP contribution in [0.4, 0.5) is 0 Å². The van der Waals surface area contributed by atoms with E-state index < -0.39 is 10.0 Å². The minimum atomic E-state index is -3.47. The minimum absolute atomic E-state index is 0.296. The molecule has 4 nitrogen and oxygen atoms in total. The summed E-state index contributed by atoms with van der Waals surface area (Å²) in [7, 11) is -1.80. The van der Waals surface area contributed by atoms with E-state index in [1.54, 1.807) is 43.1 Å². The van der Waals surface area contributed by atoms with Crippen LogP contribution in [0.3, 0.4) is 0 Å². The SMILES string of the molecule is COc1ccc2cc(Br)ccc2c1CSCCNS(=O)(=O)c1ccc(C)cc1. The van der Waals surface area contributed by atoms with Gasteiger partial charge in [0.2, 0.25) is 10.0 Å². The molecule has 3 aromatic carbocycles. The molecule has 148 valence electrons. The molecule has 0 saturated heterocycles. The minimum Gasteiger partial charge on any atom is -0.496 e. The molecule has 0 spiro atoms. The summed E-state index contributed by atoms with van der Waals surface area (Å²) in [6.45, 7) is 2.31. The Hall–Kier alpha value is -1.54. The number of sulfonamides is 1. The van der Waals surface area contributed by atoms with Crippen LogP contribution in [0, 0.1) is 6.92 Å². The van der Waals surface area contributed by atoms with Gasteiger partial charge in [-0.05, 0) is 48.0 Å². The average molecular weight is 480 g/mol. The molecule has 0 amide bonds. The Morgan fingerprint density at radius 3 is 2.54 bits per heavy atom. The lowest BCUT2D eigenvalue weighted by molar-refractivity contribution is 0.412. The van der Waals surface area contributed by atoms with Crippen LogP contribution in [0.5, 0.6) is 5.75 Å². The fraction of sp³-hybridized carbons (Fsp3) is 0.238. The van der Waals surface area contributed by atoms with Gasteiger partial charge in [0, 0.05) is 28.1 Å². The number of thioether (sulfide) groups is 1. The lowest BCUT2D eigenvalue weighted by Gasteiger charge is -2.13. The van der Waals surface area contributed by atoms with Gasteiger partial charge in [0.15, 0.2) is 0 Å². The summed E-state index contributed by atoms with van der Waals surface area (Å²) in [6.07, 6.45) is 0. The highest BCUT2D eigenvalue weighted by Gasteiger charge is 2.13. The Kier molecular flexibility index (Phi) is 7.04. The van der Waals surface area contributed by atoms with E-state index in [1.165, 1.54) is 0 Å². The summed E-state index contributed by atoms with van der Waals surface area (Å²) < 4.78 is 33.9. The normalized spacial score (nSPS) is 11.7. The second-order valence-electron chi connectivity index (χ2n) is 6.38. The van der Waals surface area contributed by atoms with Crippen LogP contribution in [-0.4, -0.2) is 27.8 Å². The van der Waals surface area contributed by atoms with Crippen molar-refractivity contribution in [1.82, 2.24) is 4.72 Å². The second kappa shape index (κ2) is 9.31. The molecule has 3 aromatic rings. The van der Waals surface area contributed by atoms with Gasteiger partial charge in [0.1, 0.15) is 5.75 Å². The van der Waals surface area contributed by atoms with Gasteiger partial charge in [-0.15, -0.1) is 0 Å².